The number of carbonyl (C=O) groups excluding carboxylic acids is 1. The van der Waals surface area contributed by atoms with Crippen LogP contribution in [0.25, 0.3) is 21.9 Å². The van der Waals surface area contributed by atoms with E-state index in [1.165, 1.54) is 37.6 Å². The number of carbonyl (C=O) groups is 1. The van der Waals surface area contributed by atoms with Crippen LogP contribution in [0.2, 0.25) is 0 Å². The normalized spacial score (nSPS) is 11.5. The minimum atomic E-state index is -4.33. The lowest BCUT2D eigenvalue weighted by Crippen LogP contribution is -2.30. The molecular weight excluding hydrogens is 436 g/mol. The molecule has 0 aliphatic rings. The predicted octanol–water partition coefficient (Wildman–Crippen LogP) is 3.14. The Balaban J connectivity index is 1.70. The number of fused-ring (bicyclic) bond motifs is 2. The van der Waals surface area contributed by atoms with E-state index in [1.54, 1.807) is 18.2 Å². The quantitative estimate of drug-likeness (QED) is 0.440. The summed E-state index contributed by atoms with van der Waals surface area (Å²) in [5.74, 6) is -1.08. The molecule has 0 unspecified atom stereocenters. The number of amides is 1. The molecule has 1 amide bonds. The Labute approximate surface area is 183 Å². The van der Waals surface area contributed by atoms with Crippen molar-refractivity contribution in [2.75, 3.05) is 26.1 Å². The molecule has 11 heteroatoms. The molecule has 0 radical (unpaired) electrons. The molecule has 0 aliphatic carbocycles. The van der Waals surface area contributed by atoms with Crippen LogP contribution in [0, 0.1) is 4.91 Å². The second kappa shape index (κ2) is 7.93. The molecule has 0 saturated carbocycles. The zero-order valence-corrected chi connectivity index (χ0v) is 18.2. The number of nitrogens with one attached hydrogen (secondary N) is 1. The van der Waals surface area contributed by atoms with Gasteiger partial charge in [0.05, 0.1) is 15.8 Å². The number of anilines is 1. The van der Waals surface area contributed by atoms with Gasteiger partial charge in [-0.15, -0.1) is 0 Å². The van der Waals surface area contributed by atoms with Crippen LogP contribution in [-0.2, 0) is 14.9 Å². The number of furan rings is 1. The first-order valence-electron chi connectivity index (χ1n) is 9.38. The summed E-state index contributed by atoms with van der Waals surface area (Å²) >= 11 is 0. The largest absolute Gasteiger partial charge is 0.451 e. The van der Waals surface area contributed by atoms with Crippen LogP contribution in [0.5, 0.6) is 0 Å². The van der Waals surface area contributed by atoms with E-state index in [0.717, 1.165) is 5.69 Å². The number of aromatic nitrogens is 1. The fraction of sp³-hybridized carbons (Fsp3) is 0.143. The highest BCUT2D eigenvalue weighted by molar-refractivity contribution is 7.90. The van der Waals surface area contributed by atoms with Crippen molar-refractivity contribution in [3.63, 3.8) is 0 Å². The first-order valence-corrected chi connectivity index (χ1v) is 10.9. The minimum absolute atomic E-state index is 0.0171. The molecule has 0 saturated heterocycles. The van der Waals surface area contributed by atoms with Gasteiger partial charge in [-0.3, -0.25) is 9.78 Å². The van der Waals surface area contributed by atoms with Gasteiger partial charge >= 0.3 is 11.6 Å². The Bertz CT molecular complexity index is 1480. The van der Waals surface area contributed by atoms with E-state index in [9.17, 15) is 18.1 Å². The second-order valence-electron chi connectivity index (χ2n) is 7.08. The van der Waals surface area contributed by atoms with Crippen LogP contribution < -0.4 is 9.62 Å². The minimum Gasteiger partial charge on any atom is -0.451 e. The van der Waals surface area contributed by atoms with Crippen molar-refractivity contribution in [2.24, 2.45) is 0 Å². The Morgan fingerprint density at radius 2 is 1.94 bits per heavy atom. The van der Waals surface area contributed by atoms with E-state index >= 15 is 0 Å². The Hall–Kier alpha value is -3.99. The lowest BCUT2D eigenvalue weighted by Gasteiger charge is -2.11. The van der Waals surface area contributed by atoms with Crippen LogP contribution in [0.1, 0.15) is 10.6 Å². The summed E-state index contributed by atoms with van der Waals surface area (Å²) in [4.78, 5) is 35.2. The summed E-state index contributed by atoms with van der Waals surface area (Å²) in [5, 5.41) is 0.907. The van der Waals surface area contributed by atoms with Crippen LogP contribution >= 0.6 is 0 Å². The van der Waals surface area contributed by atoms with Gasteiger partial charge in [-0.1, -0.05) is 0 Å². The SMILES string of the molecule is CO[N+](=O)c1ccc(S(=O)(=O)NC(=O)c2cc3ccc(N(C)C)cc3o2)c2ncccc12. The summed E-state index contributed by atoms with van der Waals surface area (Å²) in [6.45, 7) is 0. The number of pyridine rings is 1. The van der Waals surface area contributed by atoms with Gasteiger partial charge in [-0.25, -0.2) is 18.0 Å². The average Bonchev–Trinajstić information content (AvgIpc) is 3.21. The van der Waals surface area contributed by atoms with Crippen molar-refractivity contribution >= 4 is 49.2 Å². The molecule has 0 aliphatic heterocycles. The monoisotopic (exact) mass is 455 g/mol. The van der Waals surface area contributed by atoms with E-state index < -0.39 is 15.9 Å². The van der Waals surface area contributed by atoms with Crippen LogP contribution in [-0.4, -0.2) is 45.4 Å². The molecule has 0 fully saturated rings. The average molecular weight is 455 g/mol. The molecule has 0 atom stereocenters. The maximum absolute atomic E-state index is 13.0. The molecule has 164 valence electrons. The number of benzene rings is 2. The first kappa shape index (κ1) is 21.2. The van der Waals surface area contributed by atoms with Gasteiger partial charge < -0.3 is 9.32 Å². The molecule has 0 spiro atoms. The zero-order valence-electron chi connectivity index (χ0n) is 17.4. The van der Waals surface area contributed by atoms with Gasteiger partial charge in [0.1, 0.15) is 10.5 Å². The topological polar surface area (TPSA) is 122 Å². The van der Waals surface area contributed by atoms with Crippen molar-refractivity contribution in [2.45, 2.75) is 4.90 Å². The molecule has 2 heterocycles. The van der Waals surface area contributed by atoms with E-state index in [2.05, 4.69) is 9.82 Å². The van der Waals surface area contributed by atoms with Gasteiger partial charge in [0.2, 0.25) is 0 Å². The van der Waals surface area contributed by atoms with Gasteiger partial charge in [0, 0.05) is 43.5 Å². The summed E-state index contributed by atoms with van der Waals surface area (Å²) in [5.41, 5.74) is 1.41. The number of nitrogens with zero attached hydrogens (tertiary/aromatic N) is 3. The van der Waals surface area contributed by atoms with Gasteiger partial charge in [-0.2, -0.15) is 0 Å². The summed E-state index contributed by atoms with van der Waals surface area (Å²) in [7, 11) is 0.591. The van der Waals surface area contributed by atoms with Gasteiger partial charge in [0.25, 0.3) is 14.9 Å². The van der Waals surface area contributed by atoms with Crippen molar-refractivity contribution in [3.8, 4) is 0 Å². The highest BCUT2D eigenvalue weighted by Crippen LogP contribution is 2.30. The fourth-order valence-corrected chi connectivity index (χ4v) is 4.36. The number of hydrogen-bond acceptors (Lipinski definition) is 8. The molecule has 4 aromatic rings. The third-order valence-electron chi connectivity index (χ3n) is 4.83. The third-order valence-corrected chi connectivity index (χ3v) is 6.20. The summed E-state index contributed by atoms with van der Waals surface area (Å²) in [6, 6.07) is 12.4. The molecule has 2 aromatic heterocycles. The van der Waals surface area contributed by atoms with E-state index in [0.29, 0.717) is 11.0 Å². The van der Waals surface area contributed by atoms with Crippen LogP contribution in [0.3, 0.4) is 0 Å². The lowest BCUT2D eigenvalue weighted by molar-refractivity contribution is -0.735. The van der Waals surface area contributed by atoms with Crippen molar-refractivity contribution in [3.05, 3.63) is 65.4 Å². The Morgan fingerprint density at radius 3 is 2.66 bits per heavy atom. The van der Waals surface area contributed by atoms with E-state index in [1.807, 2.05) is 29.8 Å². The lowest BCUT2D eigenvalue weighted by atomic mass is 10.2. The molecule has 4 rings (SSSR count). The molecule has 0 bridgehead atoms. The maximum atomic E-state index is 13.0. The number of hydrogen-bond donors (Lipinski definition) is 1. The summed E-state index contributed by atoms with van der Waals surface area (Å²) in [6.07, 6.45) is 1.39. The van der Waals surface area contributed by atoms with Gasteiger partial charge in [0.15, 0.2) is 12.9 Å². The Kier molecular flexibility index (Phi) is 5.26. The van der Waals surface area contributed by atoms with Crippen LogP contribution in [0.15, 0.2) is 64.0 Å². The maximum Gasteiger partial charge on any atom is 0.326 e. The smallest absolute Gasteiger partial charge is 0.326 e. The van der Waals surface area contributed by atoms with Crippen molar-refractivity contribution in [1.82, 2.24) is 9.71 Å². The number of sulfonamides is 1. The molecule has 10 nitrogen and oxygen atoms in total. The molecule has 1 N–H and O–H groups in total. The molecular formula is C21H19N4O6S+. The molecule has 2 aromatic carbocycles. The second-order valence-corrected chi connectivity index (χ2v) is 8.73. The van der Waals surface area contributed by atoms with Gasteiger partial charge in [-0.05, 0) is 36.4 Å². The van der Waals surface area contributed by atoms with E-state index in [4.69, 9.17) is 4.42 Å². The van der Waals surface area contributed by atoms with Crippen molar-refractivity contribution in [1.29, 1.82) is 0 Å². The first-order chi connectivity index (χ1) is 15.2. The van der Waals surface area contributed by atoms with E-state index in [-0.39, 0.29) is 32.2 Å². The Morgan fingerprint density at radius 1 is 1.16 bits per heavy atom. The summed E-state index contributed by atoms with van der Waals surface area (Å²) < 4.78 is 33.6. The highest BCUT2D eigenvalue weighted by Gasteiger charge is 2.28. The predicted molar refractivity (Wildman–Crippen MR) is 117 cm³/mol. The standard InChI is InChI=1S/C21H18N4O6S/c1-24(2)14-7-6-13-11-18(31-17(13)12-14)21(26)23-32(28,29)19-9-8-16(25(27)30-3)15-5-4-10-22-20(15)19/h4-12H,1-3H3/p+1. The fourth-order valence-electron chi connectivity index (χ4n) is 3.24. The van der Waals surface area contributed by atoms with Crippen molar-refractivity contribution < 1.29 is 27.4 Å². The zero-order chi connectivity index (χ0) is 23.0. The molecule has 32 heavy (non-hydrogen) atoms. The highest BCUT2D eigenvalue weighted by atomic mass is 32.2. The third kappa shape index (κ3) is 3.73. The van der Waals surface area contributed by atoms with Crippen LogP contribution in [0.4, 0.5) is 11.4 Å². The number of rotatable bonds is 6.